The Bertz CT molecular complexity index is 252. The van der Waals surface area contributed by atoms with Crippen LogP contribution in [0.15, 0.2) is 0 Å². The molecule has 0 aromatic carbocycles. The summed E-state index contributed by atoms with van der Waals surface area (Å²) in [5.41, 5.74) is 0.110. The molecule has 1 N–H and O–H groups in total. The van der Waals surface area contributed by atoms with Crippen LogP contribution in [-0.2, 0) is 4.74 Å². The van der Waals surface area contributed by atoms with E-state index in [-0.39, 0.29) is 5.60 Å². The lowest BCUT2D eigenvalue weighted by molar-refractivity contribution is -0.0788. The molecule has 112 valence electrons. The van der Waals surface area contributed by atoms with Crippen molar-refractivity contribution in [2.24, 2.45) is 11.8 Å². The fourth-order valence-corrected chi connectivity index (χ4v) is 4.30. The Morgan fingerprint density at radius 1 is 1.11 bits per heavy atom. The molecule has 0 spiro atoms. The summed E-state index contributed by atoms with van der Waals surface area (Å²) in [5.74, 6) is 1.81. The van der Waals surface area contributed by atoms with Gasteiger partial charge in [0.1, 0.15) is 0 Å². The third-order valence-corrected chi connectivity index (χ3v) is 5.80. The lowest BCUT2D eigenvalue weighted by Gasteiger charge is -2.45. The van der Waals surface area contributed by atoms with Gasteiger partial charge in [-0.05, 0) is 51.0 Å². The van der Waals surface area contributed by atoms with E-state index in [0.717, 1.165) is 11.8 Å². The second-order valence-electron chi connectivity index (χ2n) is 7.03. The minimum Gasteiger partial charge on any atom is -0.377 e. The molecule has 0 aromatic rings. The summed E-state index contributed by atoms with van der Waals surface area (Å²) in [6.45, 7) is 2.38. The number of hydrogen-bond donors (Lipinski definition) is 1. The highest BCUT2D eigenvalue weighted by Crippen LogP contribution is 2.40. The Labute approximate surface area is 119 Å². The van der Waals surface area contributed by atoms with Crippen molar-refractivity contribution in [2.75, 3.05) is 14.2 Å². The predicted molar refractivity (Wildman–Crippen MR) is 81.4 cm³/mol. The summed E-state index contributed by atoms with van der Waals surface area (Å²) < 4.78 is 6.06. The molecule has 0 saturated heterocycles. The van der Waals surface area contributed by atoms with Crippen molar-refractivity contribution >= 4 is 0 Å². The number of ether oxygens (including phenoxy) is 1. The van der Waals surface area contributed by atoms with Crippen LogP contribution in [-0.4, -0.2) is 25.8 Å². The molecule has 2 rings (SSSR count). The summed E-state index contributed by atoms with van der Waals surface area (Å²) in [5, 5.41) is 3.60. The van der Waals surface area contributed by atoms with Gasteiger partial charge >= 0.3 is 0 Å². The molecule has 0 heterocycles. The third-order valence-electron chi connectivity index (χ3n) is 5.80. The number of rotatable bonds is 5. The zero-order valence-electron chi connectivity index (χ0n) is 13.2. The number of nitrogens with one attached hydrogen (secondary N) is 1. The normalized spacial score (nSPS) is 35.2. The van der Waals surface area contributed by atoms with Crippen molar-refractivity contribution in [2.45, 2.75) is 82.8 Å². The summed E-state index contributed by atoms with van der Waals surface area (Å²) in [4.78, 5) is 0. The fourth-order valence-electron chi connectivity index (χ4n) is 4.30. The fraction of sp³-hybridized carbons (Fsp3) is 1.00. The minimum absolute atomic E-state index is 0.110. The maximum Gasteiger partial charge on any atom is 0.0831 e. The van der Waals surface area contributed by atoms with Crippen molar-refractivity contribution in [1.82, 2.24) is 5.32 Å². The second-order valence-corrected chi connectivity index (χ2v) is 7.03. The van der Waals surface area contributed by atoms with Gasteiger partial charge in [0.05, 0.1) is 5.60 Å². The zero-order chi connectivity index (χ0) is 13.7. The highest BCUT2D eigenvalue weighted by Gasteiger charge is 2.41. The smallest absolute Gasteiger partial charge is 0.0831 e. The van der Waals surface area contributed by atoms with Crippen molar-refractivity contribution in [3.05, 3.63) is 0 Å². The van der Waals surface area contributed by atoms with Crippen LogP contribution in [0.2, 0.25) is 0 Å². The molecule has 2 saturated carbocycles. The largest absolute Gasteiger partial charge is 0.377 e. The van der Waals surface area contributed by atoms with Gasteiger partial charge in [0.25, 0.3) is 0 Å². The van der Waals surface area contributed by atoms with Crippen molar-refractivity contribution in [1.29, 1.82) is 0 Å². The van der Waals surface area contributed by atoms with E-state index >= 15 is 0 Å². The number of hydrogen-bond acceptors (Lipinski definition) is 2. The molecule has 0 amide bonds. The molecular formula is C17H33NO. The highest BCUT2D eigenvalue weighted by atomic mass is 16.5. The predicted octanol–water partition coefficient (Wildman–Crippen LogP) is 4.14. The van der Waals surface area contributed by atoms with Crippen LogP contribution in [0.1, 0.15) is 71.1 Å². The van der Waals surface area contributed by atoms with E-state index < -0.39 is 0 Å². The minimum atomic E-state index is 0.110. The first-order valence-corrected chi connectivity index (χ1v) is 8.42. The van der Waals surface area contributed by atoms with Gasteiger partial charge in [0.2, 0.25) is 0 Å². The third kappa shape index (κ3) is 3.72. The first-order chi connectivity index (χ1) is 9.20. The van der Waals surface area contributed by atoms with Gasteiger partial charge in [-0.15, -0.1) is 0 Å². The average Bonchev–Trinajstić information content (AvgIpc) is 2.47. The summed E-state index contributed by atoms with van der Waals surface area (Å²) >= 11 is 0. The quantitative estimate of drug-likeness (QED) is 0.808. The molecule has 0 bridgehead atoms. The lowest BCUT2D eigenvalue weighted by Crippen LogP contribution is -2.53. The maximum atomic E-state index is 6.06. The Morgan fingerprint density at radius 2 is 1.74 bits per heavy atom. The van der Waals surface area contributed by atoms with E-state index in [0.29, 0.717) is 6.04 Å². The molecule has 0 radical (unpaired) electrons. The monoisotopic (exact) mass is 267 g/mol. The Kier molecular flexibility index (Phi) is 5.70. The second kappa shape index (κ2) is 7.08. The molecule has 0 aromatic heterocycles. The van der Waals surface area contributed by atoms with E-state index in [1.807, 2.05) is 7.11 Å². The molecule has 2 aliphatic rings. The van der Waals surface area contributed by atoms with Gasteiger partial charge in [-0.2, -0.15) is 0 Å². The Balaban J connectivity index is 1.97. The van der Waals surface area contributed by atoms with Gasteiger partial charge in [-0.1, -0.05) is 39.0 Å². The van der Waals surface area contributed by atoms with Crippen LogP contribution in [0.25, 0.3) is 0 Å². The van der Waals surface area contributed by atoms with Crippen LogP contribution in [0.4, 0.5) is 0 Å². The number of methoxy groups -OCH3 is 1. The van der Waals surface area contributed by atoms with Gasteiger partial charge in [0.15, 0.2) is 0 Å². The standard InChI is InChI=1S/C17H33NO/c1-14-9-11-17(19-3,12-10-14)16(18-2)13-15-7-5-4-6-8-15/h14-16,18H,4-13H2,1-3H3. The van der Waals surface area contributed by atoms with E-state index in [9.17, 15) is 0 Å². The van der Waals surface area contributed by atoms with Crippen LogP contribution >= 0.6 is 0 Å². The summed E-state index contributed by atoms with van der Waals surface area (Å²) in [7, 11) is 4.06. The van der Waals surface area contributed by atoms with E-state index in [4.69, 9.17) is 4.74 Å². The molecule has 2 fully saturated rings. The summed E-state index contributed by atoms with van der Waals surface area (Å²) in [6.07, 6.45) is 13.7. The molecule has 2 nitrogen and oxygen atoms in total. The topological polar surface area (TPSA) is 21.3 Å². The van der Waals surface area contributed by atoms with Crippen LogP contribution < -0.4 is 5.32 Å². The van der Waals surface area contributed by atoms with E-state index in [2.05, 4.69) is 19.3 Å². The molecule has 1 atom stereocenters. The van der Waals surface area contributed by atoms with Gasteiger partial charge in [-0.3, -0.25) is 0 Å². The lowest BCUT2D eigenvalue weighted by atomic mass is 9.72. The summed E-state index contributed by atoms with van der Waals surface area (Å²) in [6, 6.07) is 0.549. The molecule has 2 aliphatic carbocycles. The molecule has 1 unspecified atom stereocenters. The molecular weight excluding hydrogens is 234 g/mol. The molecule has 2 heteroatoms. The Hall–Kier alpha value is -0.0800. The SMILES string of the molecule is CNC(CC1CCCCC1)C1(OC)CCC(C)CC1. The van der Waals surface area contributed by atoms with Crippen LogP contribution in [0.3, 0.4) is 0 Å². The highest BCUT2D eigenvalue weighted by molar-refractivity contribution is 4.97. The first kappa shape index (κ1) is 15.3. The van der Waals surface area contributed by atoms with Gasteiger partial charge in [0, 0.05) is 13.2 Å². The average molecular weight is 267 g/mol. The molecule has 0 aliphatic heterocycles. The number of likely N-dealkylation sites (N-methyl/N-ethyl adjacent to an activating group) is 1. The Morgan fingerprint density at radius 3 is 2.26 bits per heavy atom. The first-order valence-electron chi connectivity index (χ1n) is 8.42. The van der Waals surface area contributed by atoms with Crippen molar-refractivity contribution < 1.29 is 4.74 Å². The van der Waals surface area contributed by atoms with Crippen molar-refractivity contribution in [3.63, 3.8) is 0 Å². The van der Waals surface area contributed by atoms with Gasteiger partial charge in [-0.25, -0.2) is 0 Å². The van der Waals surface area contributed by atoms with Crippen LogP contribution in [0, 0.1) is 11.8 Å². The molecule has 19 heavy (non-hydrogen) atoms. The maximum absolute atomic E-state index is 6.06. The van der Waals surface area contributed by atoms with E-state index in [1.54, 1.807) is 0 Å². The van der Waals surface area contributed by atoms with E-state index in [1.165, 1.54) is 64.2 Å². The van der Waals surface area contributed by atoms with Crippen molar-refractivity contribution in [3.8, 4) is 0 Å². The zero-order valence-corrected chi connectivity index (χ0v) is 13.2. The van der Waals surface area contributed by atoms with Gasteiger partial charge < -0.3 is 10.1 Å². The van der Waals surface area contributed by atoms with Crippen LogP contribution in [0.5, 0.6) is 0 Å².